The Hall–Kier alpha value is -1.14. The van der Waals surface area contributed by atoms with Crippen molar-refractivity contribution in [1.82, 2.24) is 10.3 Å². The van der Waals surface area contributed by atoms with Crippen molar-refractivity contribution in [2.75, 3.05) is 18.1 Å². The van der Waals surface area contributed by atoms with Crippen LogP contribution in [0.15, 0.2) is 18.3 Å². The third kappa shape index (κ3) is 5.16. The summed E-state index contributed by atoms with van der Waals surface area (Å²) in [7, 11) is -2.96. The first kappa shape index (κ1) is 14.3. The summed E-state index contributed by atoms with van der Waals surface area (Å²) in [5.74, 6) is 0.816. The van der Waals surface area contributed by atoms with Gasteiger partial charge in [0.05, 0.1) is 17.6 Å². The Morgan fingerprint density at radius 3 is 2.79 bits per heavy atom. The molecule has 1 aliphatic carbocycles. The zero-order valence-corrected chi connectivity index (χ0v) is 11.9. The van der Waals surface area contributed by atoms with Crippen molar-refractivity contribution >= 4 is 9.84 Å². The van der Waals surface area contributed by atoms with Crippen molar-refractivity contribution in [3.8, 4) is 5.75 Å². The smallest absolute Gasteiger partial charge is 0.153 e. The van der Waals surface area contributed by atoms with Crippen LogP contribution in [0.5, 0.6) is 5.75 Å². The van der Waals surface area contributed by atoms with Crippen molar-refractivity contribution in [3.63, 3.8) is 0 Å². The standard InChI is InChI=1S/C13H20N2O3S/c1-2-19(16,17)8-7-18-13-6-5-12(15-10-13)9-14-11-3-4-11/h5-6,10-11,14H,2-4,7-9H2,1H3. The number of sulfone groups is 1. The van der Waals surface area contributed by atoms with Crippen LogP contribution in [0, 0.1) is 0 Å². The minimum atomic E-state index is -2.96. The van der Waals surface area contributed by atoms with Crippen molar-refractivity contribution < 1.29 is 13.2 Å². The number of hydrogen-bond donors (Lipinski definition) is 1. The quantitative estimate of drug-likeness (QED) is 0.775. The van der Waals surface area contributed by atoms with Crippen molar-refractivity contribution in [3.05, 3.63) is 24.0 Å². The summed E-state index contributed by atoms with van der Waals surface area (Å²) in [6.45, 7) is 2.59. The normalized spacial score (nSPS) is 15.4. The van der Waals surface area contributed by atoms with Crippen LogP contribution in [-0.4, -0.2) is 37.6 Å². The Labute approximate surface area is 114 Å². The molecule has 1 saturated carbocycles. The van der Waals surface area contributed by atoms with Gasteiger partial charge in [0.2, 0.25) is 0 Å². The highest BCUT2D eigenvalue weighted by Gasteiger charge is 2.20. The van der Waals surface area contributed by atoms with Crippen LogP contribution in [0.2, 0.25) is 0 Å². The molecule has 0 aliphatic heterocycles. The van der Waals surface area contributed by atoms with Crippen LogP contribution >= 0.6 is 0 Å². The predicted molar refractivity (Wildman–Crippen MR) is 73.9 cm³/mol. The second-order valence-electron chi connectivity index (χ2n) is 4.73. The highest BCUT2D eigenvalue weighted by Crippen LogP contribution is 2.19. The molecular formula is C13H20N2O3S. The highest BCUT2D eigenvalue weighted by molar-refractivity contribution is 7.91. The van der Waals surface area contributed by atoms with Crippen molar-refractivity contribution in [2.45, 2.75) is 32.4 Å². The number of aromatic nitrogens is 1. The molecule has 1 fully saturated rings. The molecule has 6 heteroatoms. The van der Waals surface area contributed by atoms with E-state index in [2.05, 4.69) is 10.3 Å². The minimum Gasteiger partial charge on any atom is -0.491 e. The van der Waals surface area contributed by atoms with Gasteiger partial charge in [-0.3, -0.25) is 4.98 Å². The van der Waals surface area contributed by atoms with Crippen LogP contribution < -0.4 is 10.1 Å². The van der Waals surface area contributed by atoms with Crippen LogP contribution in [0.3, 0.4) is 0 Å². The Kier molecular flexibility index (Phi) is 4.76. The molecule has 2 rings (SSSR count). The Morgan fingerprint density at radius 1 is 1.42 bits per heavy atom. The first-order valence-electron chi connectivity index (χ1n) is 6.60. The second kappa shape index (κ2) is 6.34. The topological polar surface area (TPSA) is 68.3 Å². The summed E-state index contributed by atoms with van der Waals surface area (Å²) < 4.78 is 28.0. The number of nitrogens with zero attached hydrogens (tertiary/aromatic N) is 1. The third-order valence-electron chi connectivity index (χ3n) is 3.05. The Bertz CT molecular complexity index is 495. The highest BCUT2D eigenvalue weighted by atomic mass is 32.2. The molecule has 0 radical (unpaired) electrons. The average molecular weight is 284 g/mol. The Morgan fingerprint density at radius 2 is 2.21 bits per heavy atom. The molecule has 19 heavy (non-hydrogen) atoms. The van der Waals surface area contributed by atoms with Gasteiger partial charge in [0.15, 0.2) is 9.84 Å². The molecule has 106 valence electrons. The van der Waals surface area contributed by atoms with Gasteiger partial charge in [-0.1, -0.05) is 6.92 Å². The van der Waals surface area contributed by atoms with Gasteiger partial charge in [-0.05, 0) is 25.0 Å². The zero-order valence-electron chi connectivity index (χ0n) is 11.1. The number of pyridine rings is 1. The molecule has 1 aromatic heterocycles. The van der Waals surface area contributed by atoms with Gasteiger partial charge in [-0.15, -0.1) is 0 Å². The summed E-state index contributed by atoms with van der Waals surface area (Å²) in [5.41, 5.74) is 0.973. The molecule has 1 aromatic rings. The molecule has 0 aromatic carbocycles. The number of hydrogen-bond acceptors (Lipinski definition) is 5. The maximum atomic E-state index is 11.3. The summed E-state index contributed by atoms with van der Waals surface area (Å²) >= 11 is 0. The van der Waals surface area contributed by atoms with Crippen LogP contribution in [0.4, 0.5) is 0 Å². The fraction of sp³-hybridized carbons (Fsp3) is 0.615. The van der Waals surface area contributed by atoms with Crippen molar-refractivity contribution in [1.29, 1.82) is 0 Å². The largest absolute Gasteiger partial charge is 0.491 e. The molecule has 0 bridgehead atoms. The second-order valence-corrected chi connectivity index (χ2v) is 7.20. The minimum absolute atomic E-state index is 0.0501. The molecule has 0 spiro atoms. The summed E-state index contributed by atoms with van der Waals surface area (Å²) in [5, 5.41) is 3.38. The molecule has 0 saturated heterocycles. The molecule has 5 nitrogen and oxygen atoms in total. The Balaban J connectivity index is 1.74. The lowest BCUT2D eigenvalue weighted by atomic mass is 10.3. The van der Waals surface area contributed by atoms with Crippen LogP contribution in [0.25, 0.3) is 0 Å². The number of rotatable bonds is 8. The fourth-order valence-electron chi connectivity index (χ4n) is 1.57. The van der Waals surface area contributed by atoms with E-state index in [0.717, 1.165) is 12.2 Å². The van der Waals surface area contributed by atoms with E-state index in [1.807, 2.05) is 12.1 Å². The van der Waals surface area contributed by atoms with Crippen LogP contribution in [-0.2, 0) is 16.4 Å². The van der Waals surface area contributed by atoms with Crippen LogP contribution in [0.1, 0.15) is 25.5 Å². The maximum Gasteiger partial charge on any atom is 0.153 e. The van der Waals surface area contributed by atoms with Gasteiger partial charge in [0, 0.05) is 18.3 Å². The number of nitrogens with one attached hydrogen (secondary N) is 1. The molecular weight excluding hydrogens is 264 g/mol. The molecule has 1 heterocycles. The van der Waals surface area contributed by atoms with Gasteiger partial charge in [0.1, 0.15) is 12.4 Å². The van der Waals surface area contributed by atoms with E-state index in [0.29, 0.717) is 11.8 Å². The maximum absolute atomic E-state index is 11.3. The van der Waals surface area contributed by atoms with E-state index in [1.54, 1.807) is 13.1 Å². The van der Waals surface area contributed by atoms with E-state index in [1.165, 1.54) is 12.8 Å². The van der Waals surface area contributed by atoms with E-state index in [4.69, 9.17) is 4.74 Å². The molecule has 0 amide bonds. The molecule has 0 atom stereocenters. The van der Waals surface area contributed by atoms with Gasteiger partial charge in [-0.2, -0.15) is 0 Å². The summed E-state index contributed by atoms with van der Waals surface area (Å²) in [4.78, 5) is 4.28. The van der Waals surface area contributed by atoms with Gasteiger partial charge < -0.3 is 10.1 Å². The molecule has 0 unspecified atom stereocenters. The van der Waals surface area contributed by atoms with E-state index >= 15 is 0 Å². The van der Waals surface area contributed by atoms with Gasteiger partial charge in [0.25, 0.3) is 0 Å². The predicted octanol–water partition coefficient (Wildman–Crippen LogP) is 1.15. The first-order chi connectivity index (χ1) is 9.09. The SMILES string of the molecule is CCS(=O)(=O)CCOc1ccc(CNC2CC2)nc1. The monoisotopic (exact) mass is 284 g/mol. The van der Waals surface area contributed by atoms with Gasteiger partial charge >= 0.3 is 0 Å². The lowest BCUT2D eigenvalue weighted by Crippen LogP contribution is -2.17. The van der Waals surface area contributed by atoms with E-state index in [-0.39, 0.29) is 18.1 Å². The summed E-state index contributed by atoms with van der Waals surface area (Å²) in [6.07, 6.45) is 4.16. The first-order valence-corrected chi connectivity index (χ1v) is 8.43. The lowest BCUT2D eigenvalue weighted by molar-refractivity contribution is 0.339. The molecule has 1 N–H and O–H groups in total. The van der Waals surface area contributed by atoms with E-state index in [9.17, 15) is 8.42 Å². The number of ether oxygens (including phenoxy) is 1. The van der Waals surface area contributed by atoms with Gasteiger partial charge in [-0.25, -0.2) is 8.42 Å². The fourth-order valence-corrected chi connectivity index (χ4v) is 2.19. The van der Waals surface area contributed by atoms with Crippen molar-refractivity contribution in [2.24, 2.45) is 0 Å². The molecule has 1 aliphatic rings. The average Bonchev–Trinajstić information content (AvgIpc) is 3.22. The summed E-state index contributed by atoms with van der Waals surface area (Å²) in [6, 6.07) is 4.39. The van der Waals surface area contributed by atoms with E-state index < -0.39 is 9.84 Å². The third-order valence-corrected chi connectivity index (χ3v) is 4.72. The zero-order chi connectivity index (χ0) is 13.7. The lowest BCUT2D eigenvalue weighted by Gasteiger charge is -2.07.